The zero-order valence-corrected chi connectivity index (χ0v) is 21.7. The van der Waals surface area contributed by atoms with Gasteiger partial charge in [0.25, 0.3) is 0 Å². The molecule has 6 heteroatoms. The van der Waals surface area contributed by atoms with Gasteiger partial charge in [0, 0.05) is 17.7 Å². The van der Waals surface area contributed by atoms with Crippen LogP contribution < -0.4 is 0 Å². The van der Waals surface area contributed by atoms with Crippen LogP contribution in [0.3, 0.4) is 0 Å². The number of aromatic nitrogens is 1. The number of piperidine rings is 1. The van der Waals surface area contributed by atoms with Crippen molar-refractivity contribution in [3.8, 4) is 22.5 Å². The van der Waals surface area contributed by atoms with E-state index in [1.54, 1.807) is 0 Å². The van der Waals surface area contributed by atoms with Gasteiger partial charge in [-0.05, 0) is 79.8 Å². The summed E-state index contributed by atoms with van der Waals surface area (Å²) in [5.74, 6) is 2.39. The van der Waals surface area contributed by atoms with Gasteiger partial charge in [0.1, 0.15) is 0 Å². The van der Waals surface area contributed by atoms with E-state index in [0.717, 1.165) is 42.6 Å². The van der Waals surface area contributed by atoms with E-state index in [4.69, 9.17) is 19.5 Å². The summed E-state index contributed by atoms with van der Waals surface area (Å²) in [6.07, 6.45) is 3.27. The smallest absolute Gasteiger partial charge is 0.450 e. The second-order valence-corrected chi connectivity index (χ2v) is 10.3. The number of hydrogen-bond donors (Lipinski definition) is 2. The molecule has 6 nitrogen and oxygen atoms in total. The van der Waals surface area contributed by atoms with E-state index in [1.165, 1.54) is 53.5 Å². The number of aryl methyl sites for hydroxylation is 1. The fourth-order valence-corrected chi connectivity index (χ4v) is 5.35. The molecule has 2 heterocycles. The molecule has 1 aliphatic heterocycles. The Bertz CT molecular complexity index is 1330. The molecule has 0 unspecified atom stereocenters. The SMILES string of the molecule is Cc1noc(-c2ccc(-c3ccc(C4CC4)cc3)cc2)c1CN1CCC(c2ccccc2)CC1.O=C(O)O. The normalized spacial score (nSPS) is 16.0. The third kappa shape index (κ3) is 6.32. The lowest BCUT2D eigenvalue weighted by atomic mass is 9.89. The van der Waals surface area contributed by atoms with E-state index < -0.39 is 6.16 Å². The van der Waals surface area contributed by atoms with E-state index in [1.807, 2.05) is 0 Å². The highest BCUT2D eigenvalue weighted by Crippen LogP contribution is 2.40. The number of likely N-dealkylation sites (tertiary alicyclic amines) is 1. The van der Waals surface area contributed by atoms with Crippen molar-refractivity contribution in [1.29, 1.82) is 0 Å². The molecule has 0 bridgehead atoms. The van der Waals surface area contributed by atoms with Gasteiger partial charge in [-0.15, -0.1) is 0 Å². The Morgan fingerprint density at radius 2 is 1.29 bits per heavy atom. The summed E-state index contributed by atoms with van der Waals surface area (Å²) in [4.78, 5) is 11.1. The summed E-state index contributed by atoms with van der Waals surface area (Å²) in [6.45, 7) is 5.18. The lowest BCUT2D eigenvalue weighted by Gasteiger charge is -2.32. The number of nitrogens with zero attached hydrogens (tertiary/aromatic N) is 2. The van der Waals surface area contributed by atoms with Crippen molar-refractivity contribution in [2.45, 2.75) is 51.0 Å². The van der Waals surface area contributed by atoms with Gasteiger partial charge in [-0.1, -0.05) is 84.0 Å². The van der Waals surface area contributed by atoms with E-state index in [-0.39, 0.29) is 0 Å². The predicted octanol–water partition coefficient (Wildman–Crippen LogP) is 7.80. The van der Waals surface area contributed by atoms with Crippen LogP contribution in [0.1, 0.15) is 59.9 Å². The Morgan fingerprint density at radius 3 is 1.87 bits per heavy atom. The van der Waals surface area contributed by atoms with Crippen molar-refractivity contribution >= 4 is 6.16 Å². The van der Waals surface area contributed by atoms with Crippen LogP contribution in [0.2, 0.25) is 0 Å². The third-order valence-corrected chi connectivity index (χ3v) is 7.66. The summed E-state index contributed by atoms with van der Waals surface area (Å²) in [5.41, 5.74) is 8.80. The van der Waals surface area contributed by atoms with Crippen LogP contribution in [0.15, 0.2) is 83.4 Å². The van der Waals surface area contributed by atoms with Gasteiger partial charge < -0.3 is 14.7 Å². The van der Waals surface area contributed by atoms with Gasteiger partial charge in [0.15, 0.2) is 5.76 Å². The number of hydrogen-bond acceptors (Lipinski definition) is 4. The predicted molar refractivity (Wildman–Crippen MR) is 148 cm³/mol. The van der Waals surface area contributed by atoms with Crippen LogP contribution in [0.4, 0.5) is 4.79 Å². The molecule has 2 aliphatic rings. The lowest BCUT2D eigenvalue weighted by molar-refractivity contribution is 0.137. The van der Waals surface area contributed by atoms with Crippen LogP contribution in [0, 0.1) is 6.92 Å². The van der Waals surface area contributed by atoms with Crippen molar-refractivity contribution in [1.82, 2.24) is 10.1 Å². The maximum Gasteiger partial charge on any atom is 0.503 e. The molecule has 1 saturated carbocycles. The standard InChI is InChI=1S/C31H32N2O.CH2O3/c1-22-30(21-33-19-17-28(18-20-33)23-5-3-2-4-6-23)31(34-32-22)29-15-13-27(14-16-29)26-11-9-25(10-12-26)24-7-8-24;2-1(3)4/h2-6,9-16,24,28H,7-8,17-21H2,1H3;(H2,2,3,4). The minimum atomic E-state index is -1.83. The lowest BCUT2D eigenvalue weighted by Crippen LogP contribution is -2.32. The van der Waals surface area contributed by atoms with Gasteiger partial charge in [-0.2, -0.15) is 0 Å². The Hall–Kier alpha value is -3.90. The Kier molecular flexibility index (Phi) is 7.89. The van der Waals surface area contributed by atoms with Gasteiger partial charge in [-0.25, -0.2) is 4.79 Å². The number of rotatable bonds is 6. The fourth-order valence-electron chi connectivity index (χ4n) is 5.35. The molecule has 3 aromatic carbocycles. The van der Waals surface area contributed by atoms with Crippen molar-refractivity contribution in [3.05, 3.63) is 101 Å². The topological polar surface area (TPSA) is 86.8 Å². The molecule has 0 atom stereocenters. The molecule has 1 aromatic heterocycles. The Balaban J connectivity index is 0.000000689. The molecule has 0 amide bonds. The first-order chi connectivity index (χ1) is 18.5. The Morgan fingerprint density at radius 1 is 0.789 bits per heavy atom. The second kappa shape index (κ2) is 11.7. The molecule has 0 radical (unpaired) electrons. The fraction of sp³-hybridized carbons (Fsp3) is 0.312. The molecule has 2 N–H and O–H groups in total. The van der Waals surface area contributed by atoms with Gasteiger partial charge in [0.2, 0.25) is 0 Å². The van der Waals surface area contributed by atoms with Gasteiger partial charge >= 0.3 is 6.16 Å². The van der Waals surface area contributed by atoms with Crippen LogP contribution in [-0.2, 0) is 6.54 Å². The summed E-state index contributed by atoms with van der Waals surface area (Å²) in [5, 5.41) is 18.3. The molecule has 1 aliphatic carbocycles. The van der Waals surface area contributed by atoms with E-state index >= 15 is 0 Å². The van der Waals surface area contributed by atoms with Crippen LogP contribution in [0.25, 0.3) is 22.5 Å². The van der Waals surface area contributed by atoms with Gasteiger partial charge in [-0.3, -0.25) is 4.90 Å². The van der Waals surface area contributed by atoms with Crippen LogP contribution >= 0.6 is 0 Å². The van der Waals surface area contributed by atoms with E-state index in [2.05, 4.69) is 95.8 Å². The van der Waals surface area contributed by atoms with Crippen molar-refractivity contribution in [2.24, 2.45) is 0 Å². The number of benzene rings is 3. The largest absolute Gasteiger partial charge is 0.503 e. The monoisotopic (exact) mass is 510 g/mol. The molecular weight excluding hydrogens is 476 g/mol. The maximum absolute atomic E-state index is 8.56. The molecule has 2 fully saturated rings. The summed E-state index contributed by atoms with van der Waals surface area (Å²) in [6, 6.07) is 28.8. The highest BCUT2D eigenvalue weighted by atomic mass is 16.6. The van der Waals surface area contributed by atoms with Gasteiger partial charge in [0.05, 0.1) is 5.69 Å². The van der Waals surface area contributed by atoms with Crippen LogP contribution in [-0.4, -0.2) is 39.5 Å². The second-order valence-electron chi connectivity index (χ2n) is 10.3. The number of carbonyl (C=O) groups is 1. The summed E-state index contributed by atoms with van der Waals surface area (Å²) < 4.78 is 5.83. The van der Waals surface area contributed by atoms with E-state index in [9.17, 15) is 0 Å². The first kappa shape index (κ1) is 25.7. The summed E-state index contributed by atoms with van der Waals surface area (Å²) in [7, 11) is 0. The molecule has 196 valence electrons. The zero-order chi connectivity index (χ0) is 26.5. The van der Waals surface area contributed by atoms with E-state index in [0.29, 0.717) is 5.92 Å². The molecule has 38 heavy (non-hydrogen) atoms. The minimum absolute atomic E-state index is 0.673. The maximum atomic E-state index is 8.56. The number of carboxylic acid groups (broad SMARTS) is 2. The highest BCUT2D eigenvalue weighted by molar-refractivity contribution is 5.70. The molecular formula is C32H34N2O4. The first-order valence-corrected chi connectivity index (χ1v) is 13.3. The zero-order valence-electron chi connectivity index (χ0n) is 21.7. The highest BCUT2D eigenvalue weighted by Gasteiger charge is 2.24. The van der Waals surface area contributed by atoms with Crippen molar-refractivity contribution in [2.75, 3.05) is 13.1 Å². The minimum Gasteiger partial charge on any atom is -0.450 e. The summed E-state index contributed by atoms with van der Waals surface area (Å²) >= 11 is 0. The van der Waals surface area contributed by atoms with Crippen LogP contribution in [0.5, 0.6) is 0 Å². The Labute approximate surface area is 223 Å². The molecule has 6 rings (SSSR count). The third-order valence-electron chi connectivity index (χ3n) is 7.66. The quantitative estimate of drug-likeness (QED) is 0.275. The first-order valence-electron chi connectivity index (χ1n) is 13.3. The molecule has 0 spiro atoms. The molecule has 4 aromatic rings. The average Bonchev–Trinajstić information content (AvgIpc) is 3.73. The van der Waals surface area contributed by atoms with Crippen molar-refractivity contribution in [3.63, 3.8) is 0 Å². The average molecular weight is 511 g/mol. The van der Waals surface area contributed by atoms with Crippen molar-refractivity contribution < 1.29 is 19.5 Å². The molecule has 1 saturated heterocycles.